The van der Waals surface area contributed by atoms with Crippen LogP contribution in [0.25, 0.3) is 5.32 Å². The summed E-state index contributed by atoms with van der Waals surface area (Å²) in [4.78, 5) is 0. The van der Waals surface area contributed by atoms with E-state index in [2.05, 4.69) is 23.5 Å². The Morgan fingerprint density at radius 1 is 0.341 bits per heavy atom. The number of hydrogen-bond donors (Lipinski definition) is 0. The van der Waals surface area contributed by atoms with Crippen molar-refractivity contribution < 1.29 is 253 Å². The van der Waals surface area contributed by atoms with Gasteiger partial charge in [-0.2, -0.15) is 23.5 Å². The molecular formula is C16H30Al5Cl19CrNS2. The van der Waals surface area contributed by atoms with E-state index >= 15 is 0 Å². The van der Waals surface area contributed by atoms with Crippen LogP contribution in [0.4, 0.5) is 0 Å². The van der Waals surface area contributed by atoms with Crippen molar-refractivity contribution in [3.05, 3.63) is 5.32 Å². The molecule has 0 amide bonds. The van der Waals surface area contributed by atoms with Gasteiger partial charge in [-0.05, 0) is 37.2 Å². The van der Waals surface area contributed by atoms with Crippen molar-refractivity contribution in [2.24, 2.45) is 0 Å². The molecular weight excluding hydrogens is 1130 g/mol. The molecule has 2 aliphatic carbocycles. The van der Waals surface area contributed by atoms with E-state index in [1.165, 1.54) is 75.7 Å². The molecule has 0 aromatic carbocycles. The van der Waals surface area contributed by atoms with E-state index in [1.54, 1.807) is 0 Å². The number of hydrogen-bond acceptors (Lipinski definition) is 2. The van der Waals surface area contributed by atoms with Gasteiger partial charge in [-0.15, -0.1) is 13.1 Å². The fraction of sp³-hybridized carbons (Fsp3) is 1.00. The van der Waals surface area contributed by atoms with Crippen LogP contribution < -0.4 is 236 Å². The topological polar surface area (TPSA) is 14.1 Å². The van der Waals surface area contributed by atoms with Crippen LogP contribution in [0.1, 0.15) is 64.2 Å². The van der Waals surface area contributed by atoms with E-state index in [0.29, 0.717) is 0 Å². The quantitative estimate of drug-likeness (QED) is 0.178. The van der Waals surface area contributed by atoms with Crippen LogP contribution in [-0.4, -0.2) is 122 Å². The van der Waals surface area contributed by atoms with E-state index in [0.717, 1.165) is 23.6 Å². The second kappa shape index (κ2) is 132. The van der Waals surface area contributed by atoms with Gasteiger partial charge in [0.25, 0.3) is 0 Å². The Balaban J connectivity index is -0.00000000727. The van der Waals surface area contributed by atoms with E-state index < -0.39 is 0 Å². The molecule has 0 unspecified atom stereocenters. The molecule has 0 bridgehead atoms. The summed E-state index contributed by atoms with van der Waals surface area (Å²) in [7, 11) is 0. The zero-order valence-corrected chi connectivity index (χ0v) is 45.8. The van der Waals surface area contributed by atoms with Crippen LogP contribution in [0, 0.1) is 0 Å². The fourth-order valence-corrected chi connectivity index (χ4v) is 5.61. The van der Waals surface area contributed by atoms with Crippen LogP contribution in [0.5, 0.6) is 0 Å². The molecule has 0 aliphatic heterocycles. The molecule has 0 saturated heterocycles. The van der Waals surface area contributed by atoms with E-state index in [1.807, 2.05) is 0 Å². The van der Waals surface area contributed by atoms with Gasteiger partial charge in [-0.3, -0.25) is 0 Å². The fourth-order valence-electron chi connectivity index (χ4n) is 3.14. The molecule has 0 heterocycles. The number of thioether (sulfide) groups is 2. The van der Waals surface area contributed by atoms with Crippen molar-refractivity contribution >= 4 is 110 Å². The molecule has 2 saturated carbocycles. The maximum Gasteiger partial charge on any atom is 5.00 e. The molecule has 0 N–H and O–H groups in total. The Hall–Kier alpha value is 9.36. The van der Waals surface area contributed by atoms with Gasteiger partial charge in [-0.1, -0.05) is 38.5 Å². The van der Waals surface area contributed by atoms with Gasteiger partial charge in [0.2, 0.25) is 0 Å². The molecule has 28 heteroatoms. The van der Waals surface area contributed by atoms with Crippen molar-refractivity contribution in [3.8, 4) is 0 Å². The molecule has 0 atom stereocenters. The van der Waals surface area contributed by atoms with Gasteiger partial charge < -0.3 is 241 Å². The predicted molar refractivity (Wildman–Crippen MR) is 121 cm³/mol. The Bertz CT molecular complexity index is 256. The molecule has 2 aliphatic rings. The van der Waals surface area contributed by atoms with E-state index in [4.69, 9.17) is 5.32 Å². The largest absolute Gasteiger partial charge is 5.00 e. The monoisotopic (exact) mass is 1150 g/mol. The average Bonchev–Trinajstić information content (AvgIpc) is 2.48. The molecule has 2 rings (SSSR count). The minimum atomic E-state index is 0. The normalized spacial score (nSPS) is 9.82. The molecule has 0 spiro atoms. The molecule has 0 aromatic heterocycles. The minimum absolute atomic E-state index is 0. The SMILES string of the molecule is C1CCC(SCC[N-]CCSC2CCCCC2)CC1.[Al+3].[Al+3].[Al+3].[Al+3].[Al+3].[Cl-].[Cl-].[Cl-].[Cl-].[Cl-].[Cl-].[Cl-].[Cl-].[Cl-].[Cl-].[Cl-].[Cl-].[Cl-].[Cl-].[Cl-].[Cl-].[Cl-].[Cl-].[Cl-].[Cr+5]. The molecule has 1 radical (unpaired) electrons. The zero-order valence-electron chi connectivity index (χ0n) is 22.8. The van der Waals surface area contributed by atoms with Crippen LogP contribution in [-0.2, 0) is 17.4 Å². The first kappa shape index (κ1) is 170. The average molecular weight is 1160 g/mol. The summed E-state index contributed by atoms with van der Waals surface area (Å²) >= 11 is 4.37. The third-order valence-electron chi connectivity index (χ3n) is 4.31. The maximum absolute atomic E-state index is 4.70. The molecule has 265 valence electrons. The molecule has 1 nitrogen and oxygen atoms in total. The van der Waals surface area contributed by atoms with E-state index in [9.17, 15) is 0 Å². The second-order valence-electron chi connectivity index (χ2n) is 5.93. The van der Waals surface area contributed by atoms with Crippen LogP contribution >= 0.6 is 23.5 Å². The molecule has 2 fully saturated rings. The van der Waals surface area contributed by atoms with Crippen molar-refractivity contribution in [1.29, 1.82) is 0 Å². The second-order valence-corrected chi connectivity index (χ2v) is 8.75. The summed E-state index contributed by atoms with van der Waals surface area (Å²) in [5, 5.41) is 6.62. The standard InChI is InChI=1S/C16H30NS2.5Al.19ClH.Cr/c1-3-7-15(8-4-1)18-13-11-17-12-14-19-16-9-5-2-6-10-16;;;;;;;;;;;;;;;;;;;;;;;;;/h15-16H,1-14H2;;;;;;19*1H;/q-1;5*+3;;;;;;;;;;;;;;;;;;;;+5/p-19. The third-order valence-corrected chi connectivity index (χ3v) is 7.03. The first-order chi connectivity index (χ1) is 9.45. The van der Waals surface area contributed by atoms with Gasteiger partial charge in [0.15, 0.2) is 0 Å². The summed E-state index contributed by atoms with van der Waals surface area (Å²) in [5.41, 5.74) is 0. The van der Waals surface area contributed by atoms with Crippen molar-refractivity contribution in [1.82, 2.24) is 0 Å². The Kier molecular flexibility index (Phi) is 509. The summed E-state index contributed by atoms with van der Waals surface area (Å²) in [6.07, 6.45) is 14.6. The summed E-state index contributed by atoms with van der Waals surface area (Å²) in [5.74, 6) is 2.53. The van der Waals surface area contributed by atoms with Gasteiger partial charge in [0, 0.05) is 10.5 Å². The van der Waals surface area contributed by atoms with Crippen molar-refractivity contribution in [3.63, 3.8) is 0 Å². The third kappa shape index (κ3) is 104. The summed E-state index contributed by atoms with van der Waals surface area (Å²) in [6, 6.07) is 0. The van der Waals surface area contributed by atoms with Gasteiger partial charge >= 0.3 is 104 Å². The number of halogens is 19. The minimum Gasteiger partial charge on any atom is -1.00 e. The van der Waals surface area contributed by atoms with Gasteiger partial charge in [0.05, 0.1) is 0 Å². The Labute approximate surface area is 460 Å². The predicted octanol–water partition coefficient (Wildman–Crippen LogP) is -53.3. The maximum atomic E-state index is 4.70. The van der Waals surface area contributed by atoms with Gasteiger partial charge in [0.1, 0.15) is 0 Å². The molecule has 44 heavy (non-hydrogen) atoms. The Morgan fingerprint density at radius 3 is 0.705 bits per heavy atom. The van der Waals surface area contributed by atoms with Crippen molar-refractivity contribution in [2.75, 3.05) is 24.6 Å². The summed E-state index contributed by atoms with van der Waals surface area (Å²) < 4.78 is 0. The summed E-state index contributed by atoms with van der Waals surface area (Å²) in [6.45, 7) is 2.18. The zero-order chi connectivity index (χ0) is 13.2. The number of nitrogens with zero attached hydrogens (tertiary/aromatic N) is 1. The molecule has 0 aromatic rings. The first-order valence-electron chi connectivity index (χ1n) is 8.31. The van der Waals surface area contributed by atoms with E-state index in [-0.39, 0.29) is 340 Å². The Morgan fingerprint density at radius 2 is 0.523 bits per heavy atom. The van der Waals surface area contributed by atoms with Crippen LogP contribution in [0.3, 0.4) is 0 Å². The van der Waals surface area contributed by atoms with Crippen molar-refractivity contribution in [2.45, 2.75) is 74.7 Å². The van der Waals surface area contributed by atoms with Gasteiger partial charge in [-0.25, -0.2) is 0 Å². The van der Waals surface area contributed by atoms with Crippen LogP contribution in [0.15, 0.2) is 0 Å². The number of rotatable bonds is 8. The first-order valence-corrected chi connectivity index (χ1v) is 10.4. The van der Waals surface area contributed by atoms with Crippen LogP contribution in [0.2, 0.25) is 0 Å². The smallest absolute Gasteiger partial charge is 1.00 e.